The first-order valence-corrected chi connectivity index (χ1v) is 11.1. The summed E-state index contributed by atoms with van der Waals surface area (Å²) in [6, 6.07) is 6.46. The van der Waals surface area contributed by atoms with E-state index >= 15 is 0 Å². The summed E-state index contributed by atoms with van der Waals surface area (Å²) in [5, 5.41) is 3.45. The van der Waals surface area contributed by atoms with Gasteiger partial charge in [0.1, 0.15) is 0 Å². The van der Waals surface area contributed by atoms with Crippen LogP contribution >= 0.6 is 11.6 Å². The van der Waals surface area contributed by atoms with Gasteiger partial charge in [0.15, 0.2) is 5.82 Å². The predicted molar refractivity (Wildman–Crippen MR) is 121 cm³/mol. The number of halogens is 4. The molecule has 1 saturated heterocycles. The number of rotatable bonds is 5. The third-order valence-corrected chi connectivity index (χ3v) is 6.08. The lowest BCUT2D eigenvalue weighted by Crippen LogP contribution is -2.51. The third-order valence-electron chi connectivity index (χ3n) is 5.84. The standard InChI is InChI=1S/C23H22ClF3N6O/c1-14-4-2-9-33(19(14)13-32-22-30-11-15(12-31-22)23(25,26)27)21(34)17-6-5-16(24)10-18(17)20-28-7-3-8-29-20/h3,5-8,10-12,14,19H,2,4,9,13H2,1H3,(H,30,31,32). The smallest absolute Gasteiger partial charge is 0.352 e. The van der Waals surface area contributed by atoms with Crippen molar-refractivity contribution in [3.05, 3.63) is 65.2 Å². The van der Waals surface area contributed by atoms with Crippen LogP contribution in [0.1, 0.15) is 35.7 Å². The Morgan fingerprint density at radius 3 is 2.56 bits per heavy atom. The van der Waals surface area contributed by atoms with Crippen LogP contribution in [0.5, 0.6) is 0 Å². The molecule has 1 N–H and O–H groups in total. The second-order valence-corrected chi connectivity index (χ2v) is 8.56. The topological polar surface area (TPSA) is 83.9 Å². The molecule has 2 aromatic heterocycles. The van der Waals surface area contributed by atoms with E-state index in [0.717, 1.165) is 25.2 Å². The molecular formula is C23H22ClF3N6O. The van der Waals surface area contributed by atoms with Crippen molar-refractivity contribution >= 4 is 23.5 Å². The third kappa shape index (κ3) is 5.27. The minimum atomic E-state index is -4.50. The van der Waals surface area contributed by atoms with Crippen LogP contribution in [-0.2, 0) is 6.18 Å². The number of hydrogen-bond donors (Lipinski definition) is 1. The number of hydrogen-bond acceptors (Lipinski definition) is 6. The Balaban J connectivity index is 1.56. The number of carbonyl (C=O) groups is 1. The maximum atomic E-state index is 13.7. The number of benzene rings is 1. The molecule has 178 valence electrons. The maximum absolute atomic E-state index is 13.7. The Hall–Kier alpha value is -3.27. The van der Waals surface area contributed by atoms with E-state index in [4.69, 9.17) is 11.6 Å². The summed E-state index contributed by atoms with van der Waals surface area (Å²) in [5.74, 6) is 0.434. The van der Waals surface area contributed by atoms with Gasteiger partial charge in [-0.1, -0.05) is 18.5 Å². The highest BCUT2D eigenvalue weighted by Gasteiger charge is 2.34. The minimum absolute atomic E-state index is 0.0723. The summed E-state index contributed by atoms with van der Waals surface area (Å²) >= 11 is 6.19. The number of piperidine rings is 1. The lowest BCUT2D eigenvalue weighted by Gasteiger charge is -2.40. The van der Waals surface area contributed by atoms with E-state index in [9.17, 15) is 18.0 Å². The van der Waals surface area contributed by atoms with Crippen LogP contribution < -0.4 is 5.32 Å². The van der Waals surface area contributed by atoms with Gasteiger partial charge >= 0.3 is 6.18 Å². The van der Waals surface area contributed by atoms with Gasteiger partial charge in [0.25, 0.3) is 5.91 Å². The van der Waals surface area contributed by atoms with Gasteiger partial charge < -0.3 is 10.2 Å². The van der Waals surface area contributed by atoms with E-state index in [2.05, 4.69) is 25.3 Å². The Kier molecular flexibility index (Phi) is 6.97. The SMILES string of the molecule is CC1CCCN(C(=O)c2ccc(Cl)cc2-c2ncccn2)C1CNc1ncc(C(F)(F)F)cn1. The average molecular weight is 491 g/mol. The molecule has 3 heterocycles. The molecule has 1 aliphatic heterocycles. The summed E-state index contributed by atoms with van der Waals surface area (Å²) < 4.78 is 38.3. The molecule has 0 aliphatic carbocycles. The summed E-state index contributed by atoms with van der Waals surface area (Å²) in [4.78, 5) is 31.5. The van der Waals surface area contributed by atoms with Crippen LogP contribution in [0.4, 0.5) is 19.1 Å². The van der Waals surface area contributed by atoms with Gasteiger partial charge in [-0.15, -0.1) is 0 Å². The second-order valence-electron chi connectivity index (χ2n) is 8.12. The van der Waals surface area contributed by atoms with Gasteiger partial charge in [0, 0.05) is 48.5 Å². The average Bonchev–Trinajstić information content (AvgIpc) is 2.83. The quantitative estimate of drug-likeness (QED) is 0.544. The zero-order valence-electron chi connectivity index (χ0n) is 18.3. The Morgan fingerprint density at radius 1 is 1.18 bits per heavy atom. The van der Waals surface area contributed by atoms with Crippen molar-refractivity contribution in [2.75, 3.05) is 18.4 Å². The van der Waals surface area contributed by atoms with E-state index in [1.165, 1.54) is 0 Å². The molecule has 0 radical (unpaired) electrons. The number of likely N-dealkylation sites (tertiary alicyclic amines) is 1. The number of nitrogens with zero attached hydrogens (tertiary/aromatic N) is 5. The highest BCUT2D eigenvalue weighted by atomic mass is 35.5. The van der Waals surface area contributed by atoms with Gasteiger partial charge in [0.2, 0.25) is 5.95 Å². The van der Waals surface area contributed by atoms with Gasteiger partial charge in [-0.2, -0.15) is 13.2 Å². The van der Waals surface area contributed by atoms with E-state index in [1.54, 1.807) is 41.6 Å². The van der Waals surface area contributed by atoms with Gasteiger partial charge in [-0.05, 0) is 43.0 Å². The minimum Gasteiger partial charge on any atom is -0.352 e. The molecule has 1 aliphatic rings. The number of amides is 1. The Labute approximate surface area is 199 Å². The van der Waals surface area contributed by atoms with Crippen LogP contribution in [0.2, 0.25) is 5.02 Å². The van der Waals surface area contributed by atoms with E-state index in [0.29, 0.717) is 35.1 Å². The van der Waals surface area contributed by atoms with Crippen molar-refractivity contribution in [2.45, 2.75) is 32.0 Å². The molecule has 4 rings (SSSR count). The molecule has 7 nitrogen and oxygen atoms in total. The molecule has 3 aromatic rings. The van der Waals surface area contributed by atoms with Crippen LogP contribution in [-0.4, -0.2) is 49.9 Å². The molecule has 11 heteroatoms. The lowest BCUT2D eigenvalue weighted by atomic mass is 9.89. The summed E-state index contributed by atoms with van der Waals surface area (Å²) in [5.41, 5.74) is 0.0499. The number of anilines is 1. The van der Waals surface area contributed by atoms with Crippen molar-refractivity contribution in [2.24, 2.45) is 5.92 Å². The molecule has 2 unspecified atom stereocenters. The maximum Gasteiger partial charge on any atom is 0.419 e. The monoisotopic (exact) mass is 490 g/mol. The fourth-order valence-electron chi connectivity index (χ4n) is 4.05. The van der Waals surface area contributed by atoms with Gasteiger partial charge in [-0.3, -0.25) is 4.79 Å². The van der Waals surface area contributed by atoms with Crippen molar-refractivity contribution in [3.8, 4) is 11.4 Å². The number of carbonyl (C=O) groups excluding carboxylic acids is 1. The zero-order valence-corrected chi connectivity index (χ0v) is 19.0. The summed E-state index contributed by atoms with van der Waals surface area (Å²) in [6.07, 6.45) is 1.92. The Bertz CT molecular complexity index is 1140. The second kappa shape index (κ2) is 9.92. The van der Waals surface area contributed by atoms with E-state index in [-0.39, 0.29) is 23.8 Å². The number of alkyl halides is 3. The molecule has 0 saturated carbocycles. The molecule has 0 bridgehead atoms. The largest absolute Gasteiger partial charge is 0.419 e. The van der Waals surface area contributed by atoms with Gasteiger partial charge in [0.05, 0.1) is 17.2 Å². The first-order valence-electron chi connectivity index (χ1n) is 10.7. The normalized spacial score (nSPS) is 18.6. The molecular weight excluding hydrogens is 469 g/mol. The van der Waals surface area contributed by atoms with Crippen LogP contribution in [0.25, 0.3) is 11.4 Å². The molecule has 1 fully saturated rings. The van der Waals surface area contributed by atoms with Gasteiger partial charge in [-0.25, -0.2) is 19.9 Å². The molecule has 34 heavy (non-hydrogen) atoms. The highest BCUT2D eigenvalue weighted by Crippen LogP contribution is 2.31. The number of nitrogens with one attached hydrogen (secondary N) is 1. The zero-order chi connectivity index (χ0) is 24.3. The summed E-state index contributed by atoms with van der Waals surface area (Å²) in [6.45, 7) is 2.88. The molecule has 1 aromatic carbocycles. The van der Waals surface area contributed by atoms with Crippen LogP contribution in [0.15, 0.2) is 49.1 Å². The first-order chi connectivity index (χ1) is 16.2. The summed E-state index contributed by atoms with van der Waals surface area (Å²) in [7, 11) is 0. The fraction of sp³-hybridized carbons (Fsp3) is 0.348. The van der Waals surface area contributed by atoms with Crippen molar-refractivity contribution in [3.63, 3.8) is 0 Å². The number of aromatic nitrogens is 4. The lowest BCUT2D eigenvalue weighted by molar-refractivity contribution is -0.138. The van der Waals surface area contributed by atoms with Crippen LogP contribution in [0, 0.1) is 5.92 Å². The molecule has 2 atom stereocenters. The first kappa shape index (κ1) is 23.9. The van der Waals surface area contributed by atoms with E-state index < -0.39 is 11.7 Å². The van der Waals surface area contributed by atoms with Crippen molar-refractivity contribution < 1.29 is 18.0 Å². The predicted octanol–water partition coefficient (Wildman–Crippen LogP) is 4.96. The fourth-order valence-corrected chi connectivity index (χ4v) is 4.23. The van der Waals surface area contributed by atoms with Crippen molar-refractivity contribution in [1.82, 2.24) is 24.8 Å². The Morgan fingerprint density at radius 2 is 1.88 bits per heavy atom. The van der Waals surface area contributed by atoms with E-state index in [1.807, 2.05) is 6.92 Å². The van der Waals surface area contributed by atoms with Crippen LogP contribution in [0.3, 0.4) is 0 Å². The highest BCUT2D eigenvalue weighted by molar-refractivity contribution is 6.31. The molecule has 0 spiro atoms. The molecule has 1 amide bonds. The van der Waals surface area contributed by atoms with Crippen molar-refractivity contribution in [1.29, 1.82) is 0 Å².